The Morgan fingerprint density at radius 2 is 2.00 bits per heavy atom. The van der Waals surface area contributed by atoms with Crippen LogP contribution in [0.4, 0.5) is 0 Å². The number of ketones is 1. The summed E-state index contributed by atoms with van der Waals surface area (Å²) in [4.78, 5) is 11.7. The van der Waals surface area contributed by atoms with Crippen molar-refractivity contribution in [2.45, 2.75) is 59.0 Å². The molecule has 0 fully saturated rings. The quantitative estimate of drug-likeness (QED) is 0.803. The van der Waals surface area contributed by atoms with Gasteiger partial charge in [-0.2, -0.15) is 0 Å². The third-order valence-electron chi connectivity index (χ3n) is 3.35. The second-order valence-electron chi connectivity index (χ2n) is 5.10. The number of hydrogen-bond acceptors (Lipinski definition) is 2. The Balaban J connectivity index is 2.40. The summed E-state index contributed by atoms with van der Waals surface area (Å²) in [5.74, 6) is 0.161. The molecule has 1 aromatic carbocycles. The molecule has 0 heterocycles. The lowest BCUT2D eigenvalue weighted by Crippen LogP contribution is -2.13. The Hall–Kier alpha value is -1.15. The van der Waals surface area contributed by atoms with Gasteiger partial charge in [-0.3, -0.25) is 4.79 Å². The van der Waals surface area contributed by atoms with E-state index in [1.807, 2.05) is 6.92 Å². The predicted molar refractivity (Wildman–Crippen MR) is 74.8 cm³/mol. The third kappa shape index (κ3) is 5.01. The zero-order valence-electron chi connectivity index (χ0n) is 11.7. The smallest absolute Gasteiger partial charge is 0.135 e. The van der Waals surface area contributed by atoms with E-state index in [0.29, 0.717) is 12.8 Å². The topological polar surface area (TPSA) is 37.3 Å². The van der Waals surface area contributed by atoms with Crippen molar-refractivity contribution in [1.29, 1.82) is 0 Å². The first-order chi connectivity index (χ1) is 8.52. The maximum absolute atomic E-state index is 11.7. The van der Waals surface area contributed by atoms with Crippen molar-refractivity contribution in [3.05, 3.63) is 34.9 Å². The van der Waals surface area contributed by atoms with Crippen molar-refractivity contribution < 1.29 is 9.90 Å². The molecule has 2 nitrogen and oxygen atoms in total. The van der Waals surface area contributed by atoms with Crippen molar-refractivity contribution in [2.75, 3.05) is 0 Å². The lowest BCUT2D eigenvalue weighted by Gasteiger charge is -2.08. The fourth-order valence-corrected chi connectivity index (χ4v) is 2.04. The number of carbonyl (C=O) groups is 1. The van der Waals surface area contributed by atoms with Gasteiger partial charge in [0.05, 0.1) is 6.10 Å². The summed E-state index contributed by atoms with van der Waals surface area (Å²) in [6, 6.07) is 6.32. The minimum atomic E-state index is -0.456. The summed E-state index contributed by atoms with van der Waals surface area (Å²) in [5, 5.41) is 9.58. The number of carbonyl (C=O) groups excluding carboxylic acids is 1. The van der Waals surface area contributed by atoms with Crippen molar-refractivity contribution in [2.24, 2.45) is 0 Å². The number of benzene rings is 1. The van der Waals surface area contributed by atoms with Gasteiger partial charge < -0.3 is 5.11 Å². The first-order valence-electron chi connectivity index (χ1n) is 6.78. The highest BCUT2D eigenvalue weighted by molar-refractivity contribution is 5.79. The minimum absolute atomic E-state index is 0.161. The van der Waals surface area contributed by atoms with E-state index in [-0.39, 0.29) is 5.78 Å². The fraction of sp³-hybridized carbons (Fsp3) is 0.562. The molecule has 0 aliphatic carbocycles. The minimum Gasteiger partial charge on any atom is -0.393 e. The zero-order valence-corrected chi connectivity index (χ0v) is 11.7. The van der Waals surface area contributed by atoms with Gasteiger partial charge in [-0.05, 0) is 43.4 Å². The largest absolute Gasteiger partial charge is 0.393 e. The Morgan fingerprint density at radius 3 is 2.61 bits per heavy atom. The molecule has 0 bridgehead atoms. The SMILES string of the molecule is CCCC(O)CC(=O)CCc1ccc(C)c(C)c1. The zero-order chi connectivity index (χ0) is 13.5. The van der Waals surface area contributed by atoms with Crippen LogP contribution in [0.3, 0.4) is 0 Å². The van der Waals surface area contributed by atoms with Gasteiger partial charge in [0, 0.05) is 12.8 Å². The molecule has 1 rings (SSSR count). The summed E-state index contributed by atoms with van der Waals surface area (Å²) in [6.45, 7) is 6.19. The maximum Gasteiger partial charge on any atom is 0.135 e. The van der Waals surface area contributed by atoms with Gasteiger partial charge in [-0.25, -0.2) is 0 Å². The molecule has 0 saturated carbocycles. The van der Waals surface area contributed by atoms with Crippen molar-refractivity contribution in [3.63, 3.8) is 0 Å². The summed E-state index contributed by atoms with van der Waals surface area (Å²) in [6.07, 6.45) is 2.80. The number of aliphatic hydroxyl groups excluding tert-OH is 1. The summed E-state index contributed by atoms with van der Waals surface area (Å²) < 4.78 is 0. The van der Waals surface area contributed by atoms with Gasteiger partial charge in [0.2, 0.25) is 0 Å². The number of hydrogen-bond donors (Lipinski definition) is 1. The number of Topliss-reactive ketones (excluding diaryl/α,β-unsaturated/α-hetero) is 1. The van der Waals surface area contributed by atoms with E-state index >= 15 is 0 Å². The molecule has 0 aliphatic heterocycles. The average Bonchev–Trinajstić information content (AvgIpc) is 2.31. The molecule has 18 heavy (non-hydrogen) atoms. The van der Waals surface area contributed by atoms with E-state index in [1.165, 1.54) is 16.7 Å². The summed E-state index contributed by atoms with van der Waals surface area (Å²) >= 11 is 0. The van der Waals surface area contributed by atoms with Crippen LogP contribution in [0.25, 0.3) is 0 Å². The van der Waals surface area contributed by atoms with Crippen LogP contribution in [0.1, 0.15) is 49.3 Å². The highest BCUT2D eigenvalue weighted by Crippen LogP contribution is 2.12. The second kappa shape index (κ2) is 7.32. The van der Waals surface area contributed by atoms with Crippen LogP contribution < -0.4 is 0 Å². The Labute approximate surface area is 110 Å². The molecule has 1 unspecified atom stereocenters. The normalized spacial score (nSPS) is 12.4. The van der Waals surface area contributed by atoms with Gasteiger partial charge >= 0.3 is 0 Å². The standard InChI is InChI=1S/C16H24O2/c1-4-5-15(17)11-16(18)9-8-14-7-6-12(2)13(3)10-14/h6-7,10,15,17H,4-5,8-9,11H2,1-3H3. The Kier molecular flexibility index (Phi) is 6.06. The third-order valence-corrected chi connectivity index (χ3v) is 3.35. The first kappa shape index (κ1) is 14.9. The van der Waals surface area contributed by atoms with Crippen LogP contribution >= 0.6 is 0 Å². The number of aryl methyl sites for hydroxylation is 3. The van der Waals surface area contributed by atoms with Crippen molar-refractivity contribution in [3.8, 4) is 0 Å². The molecule has 0 spiro atoms. The van der Waals surface area contributed by atoms with E-state index in [4.69, 9.17) is 0 Å². The highest BCUT2D eigenvalue weighted by Gasteiger charge is 2.10. The summed E-state index contributed by atoms with van der Waals surface area (Å²) in [5.41, 5.74) is 3.76. The molecule has 0 aromatic heterocycles. The van der Waals surface area contributed by atoms with Crippen LogP contribution in [-0.2, 0) is 11.2 Å². The molecule has 0 saturated heterocycles. The van der Waals surface area contributed by atoms with E-state index in [2.05, 4.69) is 32.0 Å². The van der Waals surface area contributed by atoms with E-state index in [1.54, 1.807) is 0 Å². The number of aliphatic hydroxyl groups is 1. The van der Waals surface area contributed by atoms with Crippen LogP contribution in [0.15, 0.2) is 18.2 Å². The van der Waals surface area contributed by atoms with E-state index in [9.17, 15) is 9.90 Å². The van der Waals surface area contributed by atoms with Crippen LogP contribution in [0.5, 0.6) is 0 Å². The lowest BCUT2D eigenvalue weighted by atomic mass is 10.00. The summed E-state index contributed by atoms with van der Waals surface area (Å²) in [7, 11) is 0. The second-order valence-corrected chi connectivity index (χ2v) is 5.10. The Bertz CT molecular complexity index is 396. The molecule has 100 valence electrons. The van der Waals surface area contributed by atoms with E-state index in [0.717, 1.165) is 19.3 Å². The van der Waals surface area contributed by atoms with Gasteiger partial charge in [0.15, 0.2) is 0 Å². The van der Waals surface area contributed by atoms with Gasteiger partial charge in [-0.1, -0.05) is 31.5 Å². The fourth-order valence-electron chi connectivity index (χ4n) is 2.04. The monoisotopic (exact) mass is 248 g/mol. The van der Waals surface area contributed by atoms with Crippen LogP contribution in [0, 0.1) is 13.8 Å². The molecule has 0 aliphatic rings. The van der Waals surface area contributed by atoms with Gasteiger partial charge in [0.1, 0.15) is 5.78 Å². The average molecular weight is 248 g/mol. The highest BCUT2D eigenvalue weighted by atomic mass is 16.3. The van der Waals surface area contributed by atoms with Crippen molar-refractivity contribution >= 4 is 5.78 Å². The number of rotatable bonds is 7. The van der Waals surface area contributed by atoms with Gasteiger partial charge in [-0.15, -0.1) is 0 Å². The van der Waals surface area contributed by atoms with E-state index < -0.39 is 6.10 Å². The molecular formula is C16H24O2. The molecule has 1 aromatic rings. The first-order valence-corrected chi connectivity index (χ1v) is 6.78. The van der Waals surface area contributed by atoms with Crippen molar-refractivity contribution in [1.82, 2.24) is 0 Å². The molecule has 2 heteroatoms. The lowest BCUT2D eigenvalue weighted by molar-refractivity contribution is -0.121. The Morgan fingerprint density at radius 1 is 1.28 bits per heavy atom. The predicted octanol–water partition coefficient (Wildman–Crippen LogP) is 3.36. The molecular weight excluding hydrogens is 224 g/mol. The molecule has 1 atom stereocenters. The molecule has 1 N–H and O–H groups in total. The van der Waals surface area contributed by atoms with Crippen LogP contribution in [-0.4, -0.2) is 17.0 Å². The maximum atomic E-state index is 11.7. The molecule has 0 radical (unpaired) electrons. The molecule has 0 amide bonds. The van der Waals surface area contributed by atoms with Gasteiger partial charge in [0.25, 0.3) is 0 Å². The van der Waals surface area contributed by atoms with Crippen LogP contribution in [0.2, 0.25) is 0 Å².